The van der Waals surface area contributed by atoms with Gasteiger partial charge in [-0.1, -0.05) is 19.3 Å². The average Bonchev–Trinajstić information content (AvgIpc) is 3.72. The van der Waals surface area contributed by atoms with Crippen LogP contribution in [0.2, 0.25) is 0 Å². The average molecular weight is 557 g/mol. The number of fused-ring (bicyclic) bond motifs is 2. The Morgan fingerprint density at radius 1 is 1.02 bits per heavy atom. The number of amides is 1. The molecule has 0 radical (unpaired) electrons. The summed E-state index contributed by atoms with van der Waals surface area (Å²) in [4.78, 5) is 34.1. The minimum Gasteiger partial charge on any atom is -0.324 e. The van der Waals surface area contributed by atoms with Crippen molar-refractivity contribution in [3.63, 3.8) is 0 Å². The van der Waals surface area contributed by atoms with Gasteiger partial charge in [0.1, 0.15) is 16.9 Å². The minimum absolute atomic E-state index is 0.0187. The zero-order chi connectivity index (χ0) is 27.2. The largest absolute Gasteiger partial charge is 0.324 e. The van der Waals surface area contributed by atoms with Gasteiger partial charge in [-0.2, -0.15) is 9.49 Å². The number of nitrogens with zero attached hydrogens (tertiary/aromatic N) is 5. The number of nitrogens with one attached hydrogen (secondary N) is 3. The van der Waals surface area contributed by atoms with Crippen molar-refractivity contribution in [2.45, 2.75) is 32.1 Å². The second-order valence-corrected chi connectivity index (χ2v) is 10.8. The fraction of sp³-hybridized carbons (Fsp3) is 0.214. The first-order valence-corrected chi connectivity index (χ1v) is 13.8. The lowest BCUT2D eigenvalue weighted by Gasteiger charge is -2.20. The number of halogens is 2. The van der Waals surface area contributed by atoms with E-state index in [1.807, 2.05) is 0 Å². The number of imidazole rings is 1. The molecule has 0 bridgehead atoms. The molecule has 6 aromatic heterocycles. The Bertz CT molecular complexity index is 1890. The maximum Gasteiger partial charge on any atom is 0.227 e. The van der Waals surface area contributed by atoms with Crippen LogP contribution in [0.3, 0.4) is 0 Å². The van der Waals surface area contributed by atoms with Crippen molar-refractivity contribution in [1.29, 1.82) is 0 Å². The van der Waals surface area contributed by atoms with Crippen LogP contribution < -0.4 is 5.32 Å². The molecule has 0 aromatic carbocycles. The number of aromatic nitrogens is 7. The Labute approximate surface area is 230 Å². The summed E-state index contributed by atoms with van der Waals surface area (Å²) in [6, 6.07) is 6.51. The lowest BCUT2D eigenvalue weighted by Crippen LogP contribution is -2.24. The van der Waals surface area contributed by atoms with Crippen molar-refractivity contribution >= 4 is 45.0 Å². The topological polar surface area (TPSA) is 125 Å². The van der Waals surface area contributed by atoms with Crippen molar-refractivity contribution in [1.82, 2.24) is 35.1 Å². The van der Waals surface area contributed by atoms with Gasteiger partial charge in [-0.05, 0) is 37.1 Å². The maximum atomic E-state index is 16.1. The molecular formula is C28H22F2N8OS. The summed E-state index contributed by atoms with van der Waals surface area (Å²) in [6.45, 7) is 0. The molecule has 0 spiro atoms. The lowest BCUT2D eigenvalue weighted by atomic mass is 9.88. The van der Waals surface area contributed by atoms with Crippen LogP contribution in [0.5, 0.6) is 0 Å². The first-order valence-electron chi connectivity index (χ1n) is 12.9. The van der Waals surface area contributed by atoms with E-state index < -0.39 is 5.82 Å². The molecule has 1 fully saturated rings. The third-order valence-electron chi connectivity index (χ3n) is 7.25. The predicted octanol–water partition coefficient (Wildman–Crippen LogP) is 6.48. The van der Waals surface area contributed by atoms with E-state index in [-0.39, 0.29) is 33.7 Å². The van der Waals surface area contributed by atoms with Gasteiger partial charge in [-0.15, -0.1) is 11.3 Å². The summed E-state index contributed by atoms with van der Waals surface area (Å²) in [5.41, 5.74) is 3.33. The van der Waals surface area contributed by atoms with E-state index in [0.717, 1.165) is 43.4 Å². The van der Waals surface area contributed by atoms with Crippen LogP contribution in [0.25, 0.3) is 55.3 Å². The second-order valence-electron chi connectivity index (χ2n) is 9.81. The van der Waals surface area contributed by atoms with Crippen LogP contribution in [0.4, 0.5) is 14.5 Å². The SMILES string of the molecule is O=C(Nc1cncc(-c2ncc3[nH]nc(-c4nc5c(-c6ccc(F)s6)ccnc5[nH]4)c3c2F)c1)C1CCCCC1. The van der Waals surface area contributed by atoms with Gasteiger partial charge < -0.3 is 10.3 Å². The molecule has 1 amide bonds. The van der Waals surface area contributed by atoms with Gasteiger partial charge >= 0.3 is 0 Å². The Balaban J connectivity index is 1.26. The quantitative estimate of drug-likeness (QED) is 0.223. The highest BCUT2D eigenvalue weighted by molar-refractivity contribution is 7.14. The third-order valence-corrected chi connectivity index (χ3v) is 8.15. The molecule has 7 rings (SSSR count). The molecule has 12 heteroatoms. The second kappa shape index (κ2) is 9.87. The van der Waals surface area contributed by atoms with Gasteiger partial charge in [0, 0.05) is 34.3 Å². The number of hydrogen-bond acceptors (Lipinski definition) is 7. The molecule has 0 unspecified atom stereocenters. The van der Waals surface area contributed by atoms with Crippen LogP contribution in [0.1, 0.15) is 32.1 Å². The number of thiophene rings is 1. The van der Waals surface area contributed by atoms with Crippen LogP contribution in [0, 0.1) is 16.9 Å². The molecule has 1 aliphatic rings. The molecule has 1 saturated carbocycles. The summed E-state index contributed by atoms with van der Waals surface area (Å²) in [6.07, 6.45) is 11.2. The van der Waals surface area contributed by atoms with Crippen molar-refractivity contribution in [3.05, 3.63) is 60.0 Å². The van der Waals surface area contributed by atoms with Gasteiger partial charge in [0.05, 0.1) is 29.0 Å². The minimum atomic E-state index is -0.604. The third kappa shape index (κ3) is 4.30. The van der Waals surface area contributed by atoms with Gasteiger partial charge in [-0.25, -0.2) is 14.4 Å². The lowest BCUT2D eigenvalue weighted by molar-refractivity contribution is -0.120. The zero-order valence-electron chi connectivity index (χ0n) is 21.0. The molecule has 0 atom stereocenters. The van der Waals surface area contributed by atoms with E-state index in [0.29, 0.717) is 44.2 Å². The van der Waals surface area contributed by atoms with Crippen LogP contribution in [-0.2, 0) is 4.79 Å². The van der Waals surface area contributed by atoms with E-state index in [4.69, 9.17) is 0 Å². The van der Waals surface area contributed by atoms with Crippen molar-refractivity contribution in [3.8, 4) is 33.2 Å². The van der Waals surface area contributed by atoms with Gasteiger partial charge in [-0.3, -0.25) is 19.9 Å². The summed E-state index contributed by atoms with van der Waals surface area (Å²) in [7, 11) is 0. The number of anilines is 1. The fourth-order valence-corrected chi connectivity index (χ4v) is 6.03. The van der Waals surface area contributed by atoms with E-state index in [2.05, 4.69) is 40.4 Å². The molecule has 9 nitrogen and oxygen atoms in total. The van der Waals surface area contributed by atoms with Crippen molar-refractivity contribution in [2.24, 2.45) is 5.92 Å². The first-order chi connectivity index (χ1) is 19.5. The standard InChI is InChI=1S/C28H22F2N8OS/c29-20-7-6-19(40-20)17-8-9-32-26-24(17)35-27(36-26)25-21-18(37-38-25)13-33-23(22(21)30)15-10-16(12-31-11-15)34-28(39)14-4-2-1-3-5-14/h6-14H,1-5H2,(H,34,39)(H,37,38)(H,32,35,36). The molecule has 200 valence electrons. The number of H-pyrrole nitrogens is 2. The van der Waals surface area contributed by atoms with Crippen LogP contribution in [0.15, 0.2) is 49.1 Å². The fourth-order valence-electron chi connectivity index (χ4n) is 5.28. The van der Waals surface area contributed by atoms with Crippen LogP contribution in [-0.4, -0.2) is 41.0 Å². The molecule has 6 heterocycles. The maximum absolute atomic E-state index is 16.1. The summed E-state index contributed by atoms with van der Waals surface area (Å²) >= 11 is 1.01. The molecule has 1 aliphatic carbocycles. The zero-order valence-corrected chi connectivity index (χ0v) is 21.9. The Morgan fingerprint density at radius 2 is 1.90 bits per heavy atom. The van der Waals surface area contributed by atoms with E-state index in [1.54, 1.807) is 30.6 Å². The molecule has 3 N–H and O–H groups in total. The Morgan fingerprint density at radius 3 is 2.73 bits per heavy atom. The number of carbonyl (C=O) groups excluding carboxylic acids is 1. The van der Waals surface area contributed by atoms with Crippen molar-refractivity contribution in [2.75, 3.05) is 5.32 Å². The van der Waals surface area contributed by atoms with Crippen molar-refractivity contribution < 1.29 is 13.6 Å². The molecule has 6 aromatic rings. The van der Waals surface area contributed by atoms with E-state index >= 15 is 4.39 Å². The monoisotopic (exact) mass is 556 g/mol. The number of aromatic amines is 2. The Hall–Kier alpha value is -4.58. The summed E-state index contributed by atoms with van der Waals surface area (Å²) in [5, 5.41) is 9.96. The normalized spacial score (nSPS) is 14.2. The molecular weight excluding hydrogens is 534 g/mol. The number of carbonyl (C=O) groups is 1. The van der Waals surface area contributed by atoms with Gasteiger partial charge in [0.25, 0.3) is 0 Å². The highest BCUT2D eigenvalue weighted by Gasteiger charge is 2.23. The number of hydrogen-bond donors (Lipinski definition) is 3. The first kappa shape index (κ1) is 24.5. The van der Waals surface area contributed by atoms with E-state index in [9.17, 15) is 9.18 Å². The molecule has 40 heavy (non-hydrogen) atoms. The Kier molecular flexibility index (Phi) is 6.03. The highest BCUT2D eigenvalue weighted by Crippen LogP contribution is 2.36. The predicted molar refractivity (Wildman–Crippen MR) is 148 cm³/mol. The number of pyridine rings is 3. The van der Waals surface area contributed by atoms with Gasteiger partial charge in [0.2, 0.25) is 5.91 Å². The smallest absolute Gasteiger partial charge is 0.227 e. The van der Waals surface area contributed by atoms with Crippen LogP contribution >= 0.6 is 11.3 Å². The molecule has 0 aliphatic heterocycles. The van der Waals surface area contributed by atoms with Gasteiger partial charge in [0.15, 0.2) is 22.4 Å². The van der Waals surface area contributed by atoms with E-state index in [1.165, 1.54) is 18.5 Å². The number of rotatable bonds is 5. The highest BCUT2D eigenvalue weighted by atomic mass is 32.1. The summed E-state index contributed by atoms with van der Waals surface area (Å²) < 4.78 is 29.8. The molecule has 0 saturated heterocycles. The summed E-state index contributed by atoms with van der Waals surface area (Å²) in [5.74, 6) is -0.355.